The van der Waals surface area contributed by atoms with Crippen LogP contribution >= 0.6 is 11.6 Å². The zero-order valence-corrected chi connectivity index (χ0v) is 10.9. The maximum atomic E-state index is 11.3. The summed E-state index contributed by atoms with van der Waals surface area (Å²) in [4.78, 5) is 17.6. The molecule has 5 heteroatoms. The van der Waals surface area contributed by atoms with Gasteiger partial charge in [-0.3, -0.25) is 4.79 Å². The Balaban J connectivity index is 2.15. The van der Waals surface area contributed by atoms with Gasteiger partial charge in [0.15, 0.2) is 0 Å². The normalized spacial score (nSPS) is 16.4. The highest BCUT2D eigenvalue weighted by molar-refractivity contribution is 6.34. The Labute approximate surface area is 111 Å². The van der Waals surface area contributed by atoms with E-state index in [1.54, 1.807) is 19.2 Å². The van der Waals surface area contributed by atoms with E-state index in [0.29, 0.717) is 16.4 Å². The largest absolute Gasteiger partial charge is 0.355 e. The lowest BCUT2D eigenvalue weighted by Crippen LogP contribution is -2.36. The average molecular weight is 264 g/mol. The molecule has 18 heavy (non-hydrogen) atoms. The van der Waals surface area contributed by atoms with Crippen molar-refractivity contribution in [2.24, 2.45) is 5.92 Å². The van der Waals surface area contributed by atoms with Gasteiger partial charge in [0, 0.05) is 25.2 Å². The molecule has 0 atom stereocenters. The minimum Gasteiger partial charge on any atom is -0.355 e. The number of halogens is 1. The van der Waals surface area contributed by atoms with E-state index in [2.05, 4.69) is 4.98 Å². The number of aromatic nitrogens is 1. The second-order valence-electron chi connectivity index (χ2n) is 4.48. The molecule has 1 aromatic rings. The van der Waals surface area contributed by atoms with Gasteiger partial charge in [-0.15, -0.1) is 0 Å². The van der Waals surface area contributed by atoms with Gasteiger partial charge < -0.3 is 4.90 Å². The molecule has 94 valence electrons. The topological polar surface area (TPSA) is 57.0 Å². The number of carbonyl (C=O) groups excluding carboxylic acids is 1. The maximum absolute atomic E-state index is 11.3. The van der Waals surface area contributed by atoms with Gasteiger partial charge in [0.05, 0.1) is 5.56 Å². The third-order valence-electron chi connectivity index (χ3n) is 3.36. The van der Waals surface area contributed by atoms with E-state index in [1.165, 1.54) is 0 Å². The summed E-state index contributed by atoms with van der Waals surface area (Å²) in [5.74, 6) is 1.05. The zero-order chi connectivity index (χ0) is 13.1. The highest BCUT2D eigenvalue weighted by Gasteiger charge is 2.24. The first-order chi connectivity index (χ1) is 8.63. The van der Waals surface area contributed by atoms with Crippen molar-refractivity contribution in [3.63, 3.8) is 0 Å². The van der Waals surface area contributed by atoms with Gasteiger partial charge >= 0.3 is 0 Å². The maximum Gasteiger partial charge on any atom is 0.148 e. The Morgan fingerprint density at radius 3 is 2.78 bits per heavy atom. The predicted molar refractivity (Wildman–Crippen MR) is 69.6 cm³/mol. The fourth-order valence-corrected chi connectivity index (χ4v) is 2.51. The Bertz CT molecular complexity index is 501. The van der Waals surface area contributed by atoms with Crippen molar-refractivity contribution < 1.29 is 4.79 Å². The molecule has 0 aliphatic carbocycles. The summed E-state index contributed by atoms with van der Waals surface area (Å²) in [5.41, 5.74) is 0.440. The standard InChI is InChI=1S/C13H14ClN3O/c1-9(18)10-3-6-17(7-4-10)13-12(14)11(8-15)2-5-16-13/h2,5,10H,3-4,6-7H2,1H3. The number of hydrogen-bond acceptors (Lipinski definition) is 4. The average Bonchev–Trinajstić information content (AvgIpc) is 2.39. The SMILES string of the molecule is CC(=O)C1CCN(c2nccc(C#N)c2Cl)CC1. The van der Waals surface area contributed by atoms with Crippen LogP contribution in [0.1, 0.15) is 25.3 Å². The molecule has 0 spiro atoms. The van der Waals surface area contributed by atoms with Gasteiger partial charge in [0.2, 0.25) is 0 Å². The second-order valence-corrected chi connectivity index (χ2v) is 4.86. The summed E-state index contributed by atoms with van der Waals surface area (Å²) < 4.78 is 0. The van der Waals surface area contributed by atoms with E-state index in [9.17, 15) is 4.79 Å². The first-order valence-electron chi connectivity index (χ1n) is 5.93. The van der Waals surface area contributed by atoms with Crippen molar-refractivity contribution in [3.05, 3.63) is 22.8 Å². The van der Waals surface area contributed by atoms with Crippen molar-refractivity contribution in [3.8, 4) is 6.07 Å². The minimum absolute atomic E-state index is 0.152. The molecule has 0 amide bonds. The summed E-state index contributed by atoms with van der Waals surface area (Å²) >= 11 is 6.15. The summed E-state index contributed by atoms with van der Waals surface area (Å²) in [6, 6.07) is 3.65. The number of carbonyl (C=O) groups is 1. The van der Waals surface area contributed by atoms with Crippen LogP contribution in [-0.2, 0) is 4.79 Å². The molecule has 1 aromatic heterocycles. The molecule has 1 aliphatic rings. The van der Waals surface area contributed by atoms with Crippen molar-refractivity contribution in [1.82, 2.24) is 4.98 Å². The summed E-state index contributed by atoms with van der Waals surface area (Å²) in [7, 11) is 0. The number of nitrogens with zero attached hydrogens (tertiary/aromatic N) is 3. The van der Waals surface area contributed by atoms with Gasteiger partial charge in [-0.05, 0) is 25.8 Å². The molecular weight excluding hydrogens is 250 g/mol. The first kappa shape index (κ1) is 12.8. The minimum atomic E-state index is 0.152. The van der Waals surface area contributed by atoms with Crippen molar-refractivity contribution in [2.45, 2.75) is 19.8 Å². The molecule has 0 aromatic carbocycles. The van der Waals surface area contributed by atoms with E-state index in [-0.39, 0.29) is 11.7 Å². The van der Waals surface area contributed by atoms with Crippen LogP contribution in [0.15, 0.2) is 12.3 Å². The number of nitriles is 1. The molecule has 0 N–H and O–H groups in total. The van der Waals surface area contributed by atoms with Gasteiger partial charge in [0.25, 0.3) is 0 Å². The third-order valence-corrected chi connectivity index (χ3v) is 3.73. The van der Waals surface area contributed by atoms with Crippen LogP contribution in [0.5, 0.6) is 0 Å². The smallest absolute Gasteiger partial charge is 0.148 e. The lowest BCUT2D eigenvalue weighted by molar-refractivity contribution is -0.121. The molecule has 1 aliphatic heterocycles. The van der Waals surface area contributed by atoms with Crippen LogP contribution in [0.25, 0.3) is 0 Å². The molecule has 0 radical (unpaired) electrons. The molecule has 1 fully saturated rings. The van der Waals surface area contributed by atoms with E-state index in [0.717, 1.165) is 25.9 Å². The van der Waals surface area contributed by atoms with E-state index in [1.807, 2.05) is 11.0 Å². The number of anilines is 1. The van der Waals surface area contributed by atoms with Crippen LogP contribution in [0, 0.1) is 17.2 Å². The van der Waals surface area contributed by atoms with Gasteiger partial charge in [-0.2, -0.15) is 5.26 Å². The fraction of sp³-hybridized carbons (Fsp3) is 0.462. The number of rotatable bonds is 2. The molecule has 2 heterocycles. The van der Waals surface area contributed by atoms with Crippen LogP contribution in [0.2, 0.25) is 5.02 Å². The summed E-state index contributed by atoms with van der Waals surface area (Å²) in [5, 5.41) is 9.33. The Kier molecular flexibility index (Phi) is 3.83. The molecule has 4 nitrogen and oxygen atoms in total. The lowest BCUT2D eigenvalue weighted by atomic mass is 9.93. The van der Waals surface area contributed by atoms with Crippen LogP contribution in [0.3, 0.4) is 0 Å². The fourth-order valence-electron chi connectivity index (χ4n) is 2.24. The Morgan fingerprint density at radius 1 is 1.56 bits per heavy atom. The van der Waals surface area contributed by atoms with Crippen LogP contribution < -0.4 is 4.90 Å². The molecule has 0 saturated carbocycles. The van der Waals surface area contributed by atoms with Crippen molar-refractivity contribution >= 4 is 23.2 Å². The van der Waals surface area contributed by atoms with E-state index < -0.39 is 0 Å². The molecule has 0 bridgehead atoms. The van der Waals surface area contributed by atoms with Gasteiger partial charge in [-0.25, -0.2) is 4.98 Å². The first-order valence-corrected chi connectivity index (χ1v) is 6.31. The molecule has 1 saturated heterocycles. The van der Waals surface area contributed by atoms with Gasteiger partial charge in [-0.1, -0.05) is 11.6 Å². The van der Waals surface area contributed by atoms with Crippen LogP contribution in [-0.4, -0.2) is 23.9 Å². The lowest BCUT2D eigenvalue weighted by Gasteiger charge is -2.32. The van der Waals surface area contributed by atoms with Crippen molar-refractivity contribution in [2.75, 3.05) is 18.0 Å². The van der Waals surface area contributed by atoms with E-state index >= 15 is 0 Å². The number of hydrogen-bond donors (Lipinski definition) is 0. The number of pyridine rings is 1. The highest BCUT2D eigenvalue weighted by atomic mass is 35.5. The molecular formula is C13H14ClN3O. The van der Waals surface area contributed by atoms with Crippen LogP contribution in [0.4, 0.5) is 5.82 Å². The third kappa shape index (κ3) is 2.46. The zero-order valence-electron chi connectivity index (χ0n) is 10.2. The number of piperidine rings is 1. The Morgan fingerprint density at radius 2 is 2.22 bits per heavy atom. The number of ketones is 1. The predicted octanol–water partition coefficient (Wildman–Crippen LogP) is 2.41. The molecule has 0 unspecified atom stereocenters. The molecule has 2 rings (SSSR count). The van der Waals surface area contributed by atoms with Gasteiger partial charge in [0.1, 0.15) is 22.7 Å². The van der Waals surface area contributed by atoms with Crippen molar-refractivity contribution in [1.29, 1.82) is 5.26 Å². The van der Waals surface area contributed by atoms with E-state index in [4.69, 9.17) is 16.9 Å². The second kappa shape index (κ2) is 5.36. The Hall–Kier alpha value is -1.60. The summed E-state index contributed by atoms with van der Waals surface area (Å²) in [6.45, 7) is 3.15. The monoisotopic (exact) mass is 263 g/mol. The quantitative estimate of drug-likeness (QED) is 0.822. The highest BCUT2D eigenvalue weighted by Crippen LogP contribution is 2.29. The number of Topliss-reactive ketones (excluding diaryl/α,β-unsaturated/α-hetero) is 1. The summed E-state index contributed by atoms with van der Waals surface area (Å²) in [6.07, 6.45) is 3.24.